The van der Waals surface area contributed by atoms with Gasteiger partial charge in [-0.15, -0.1) is 0 Å². The van der Waals surface area contributed by atoms with Gasteiger partial charge < -0.3 is 29.9 Å². The Morgan fingerprint density at radius 2 is 1.69 bits per heavy atom. The molecule has 48 heavy (non-hydrogen) atoms. The van der Waals surface area contributed by atoms with Crippen molar-refractivity contribution in [2.45, 2.75) is 63.6 Å². The second-order valence-corrected chi connectivity index (χ2v) is 14.9. The van der Waals surface area contributed by atoms with Crippen LogP contribution in [0.1, 0.15) is 55.1 Å². The van der Waals surface area contributed by atoms with Crippen LogP contribution in [0.5, 0.6) is 0 Å². The maximum Gasteiger partial charge on any atom is 0.322 e. The summed E-state index contributed by atoms with van der Waals surface area (Å²) in [7, 11) is 0. The van der Waals surface area contributed by atoms with E-state index in [1.807, 2.05) is 40.1 Å². The molecule has 2 N–H and O–H groups in total. The van der Waals surface area contributed by atoms with E-state index in [9.17, 15) is 9.59 Å². The number of hydrogen-bond donors (Lipinski definition) is 2. The molecular weight excluding hydrogens is 734 g/mol. The quantitative estimate of drug-likeness (QED) is 0.184. The Balaban J connectivity index is 1.08. The number of anilines is 1. The molecule has 4 aromatic rings. The van der Waals surface area contributed by atoms with Gasteiger partial charge >= 0.3 is 12.1 Å². The first-order chi connectivity index (χ1) is 23.4. The summed E-state index contributed by atoms with van der Waals surface area (Å²) in [6, 6.07) is 22.2. The Bertz CT molecular complexity index is 1760. The van der Waals surface area contributed by atoms with E-state index in [0.29, 0.717) is 26.1 Å². The molecular formula is C37H43Br2N7O2. The molecule has 0 saturated carbocycles. The third kappa shape index (κ3) is 7.43. The number of fused-ring (bicyclic) bond motifs is 2. The summed E-state index contributed by atoms with van der Waals surface area (Å²) in [6.45, 7) is 6.14. The molecule has 1 unspecified atom stereocenters. The van der Waals surface area contributed by atoms with Crippen molar-refractivity contribution in [2.24, 2.45) is 0 Å². The molecule has 11 heteroatoms. The van der Waals surface area contributed by atoms with E-state index in [0.717, 1.165) is 81.4 Å². The summed E-state index contributed by atoms with van der Waals surface area (Å²) >= 11 is 7.27. The summed E-state index contributed by atoms with van der Waals surface area (Å²) < 4.78 is 4.30. The van der Waals surface area contributed by atoms with Gasteiger partial charge in [0.1, 0.15) is 5.82 Å². The van der Waals surface area contributed by atoms with E-state index in [-0.39, 0.29) is 24.1 Å². The van der Waals surface area contributed by atoms with Gasteiger partial charge in [0.25, 0.3) is 0 Å². The highest BCUT2D eigenvalue weighted by Crippen LogP contribution is 2.30. The van der Waals surface area contributed by atoms with Crippen LogP contribution in [0.15, 0.2) is 75.7 Å². The van der Waals surface area contributed by atoms with Crippen LogP contribution in [-0.4, -0.2) is 81.6 Å². The van der Waals surface area contributed by atoms with Crippen LogP contribution in [0.25, 0.3) is 11.0 Å². The van der Waals surface area contributed by atoms with Crippen LogP contribution in [0.2, 0.25) is 0 Å². The smallest absolute Gasteiger partial charge is 0.322 e. The lowest BCUT2D eigenvalue weighted by Gasteiger charge is -2.38. The molecule has 1 aromatic heterocycles. The molecule has 4 amide bonds. The van der Waals surface area contributed by atoms with Crippen molar-refractivity contribution in [1.82, 2.24) is 29.6 Å². The third-order valence-electron chi connectivity index (χ3n) is 10.1. The molecule has 0 bridgehead atoms. The van der Waals surface area contributed by atoms with Crippen LogP contribution in [0.3, 0.4) is 0 Å². The second-order valence-electron chi connectivity index (χ2n) is 13.2. The van der Waals surface area contributed by atoms with Crippen molar-refractivity contribution in [3.63, 3.8) is 0 Å². The van der Waals surface area contributed by atoms with Crippen molar-refractivity contribution in [2.75, 3.05) is 44.6 Å². The predicted molar refractivity (Wildman–Crippen MR) is 197 cm³/mol. The second kappa shape index (κ2) is 15.0. The van der Waals surface area contributed by atoms with Gasteiger partial charge in [-0.2, -0.15) is 0 Å². The lowest BCUT2D eigenvalue weighted by Crippen LogP contribution is -2.52. The number of para-hydroxylation sites is 3. The highest BCUT2D eigenvalue weighted by atomic mass is 79.9. The van der Waals surface area contributed by atoms with Gasteiger partial charge in [0.15, 0.2) is 0 Å². The highest BCUT2D eigenvalue weighted by molar-refractivity contribution is 9.13. The fourth-order valence-electron chi connectivity index (χ4n) is 7.52. The first kappa shape index (κ1) is 33.1. The van der Waals surface area contributed by atoms with Crippen LogP contribution < -0.4 is 10.6 Å². The highest BCUT2D eigenvalue weighted by Gasteiger charge is 2.33. The van der Waals surface area contributed by atoms with E-state index < -0.39 is 0 Å². The first-order valence-electron chi connectivity index (χ1n) is 17.3. The summed E-state index contributed by atoms with van der Waals surface area (Å²) in [5, 5.41) is 6.52. The van der Waals surface area contributed by atoms with Gasteiger partial charge in [0.05, 0.1) is 17.1 Å². The van der Waals surface area contributed by atoms with Gasteiger partial charge in [0, 0.05) is 46.9 Å². The van der Waals surface area contributed by atoms with E-state index in [1.165, 1.54) is 25.9 Å². The van der Waals surface area contributed by atoms with Gasteiger partial charge in [-0.1, -0.05) is 36.4 Å². The van der Waals surface area contributed by atoms with E-state index in [4.69, 9.17) is 4.98 Å². The zero-order valence-corrected chi connectivity index (χ0v) is 30.4. The number of aryl methyl sites for hydroxylation is 1. The molecule has 9 nitrogen and oxygen atoms in total. The van der Waals surface area contributed by atoms with Crippen molar-refractivity contribution < 1.29 is 9.59 Å². The average Bonchev–Trinajstić information content (AvgIpc) is 3.71. The fourth-order valence-corrected chi connectivity index (χ4v) is 8.19. The molecule has 3 aromatic carbocycles. The Kier molecular flexibility index (Phi) is 10.3. The SMILES string of the molecule is O=C(NC(Cc1ccc(Br)c(Br)c1)c1nc2ccccc2n1CCCN1CCCC1)N1CCC(N2CCc3ccccc3NC2=O)CC1. The molecule has 2 fully saturated rings. The normalized spacial score (nSPS) is 18.1. The molecule has 2 saturated heterocycles. The number of nitrogens with one attached hydrogen (secondary N) is 2. The van der Waals surface area contributed by atoms with E-state index >= 15 is 0 Å². The Hall–Kier alpha value is -3.41. The molecule has 3 aliphatic rings. The summed E-state index contributed by atoms with van der Waals surface area (Å²) in [5.74, 6) is 0.890. The molecule has 0 aliphatic carbocycles. The molecule has 1 atom stereocenters. The molecule has 7 rings (SSSR count). The number of piperidine rings is 1. The van der Waals surface area contributed by atoms with Crippen LogP contribution in [0, 0.1) is 0 Å². The monoisotopic (exact) mass is 775 g/mol. The number of carbonyl (C=O) groups excluding carboxylic acids is 2. The summed E-state index contributed by atoms with van der Waals surface area (Å²) in [5.41, 5.74) is 5.22. The Morgan fingerprint density at radius 1 is 0.917 bits per heavy atom. The maximum absolute atomic E-state index is 14.0. The number of benzene rings is 3. The molecule has 4 heterocycles. The predicted octanol–water partition coefficient (Wildman–Crippen LogP) is 7.60. The summed E-state index contributed by atoms with van der Waals surface area (Å²) in [6.07, 6.45) is 6.52. The minimum atomic E-state index is -0.322. The van der Waals surface area contributed by atoms with Crippen LogP contribution in [-0.2, 0) is 19.4 Å². The Morgan fingerprint density at radius 3 is 2.50 bits per heavy atom. The number of hydrogen-bond acceptors (Lipinski definition) is 4. The minimum absolute atomic E-state index is 0.0489. The Labute approximate surface area is 299 Å². The van der Waals surface area contributed by atoms with Gasteiger partial charge in [-0.25, -0.2) is 14.6 Å². The van der Waals surface area contributed by atoms with E-state index in [2.05, 4.69) is 88.4 Å². The van der Waals surface area contributed by atoms with Crippen molar-refractivity contribution in [1.29, 1.82) is 0 Å². The number of urea groups is 2. The molecule has 252 valence electrons. The molecule has 3 aliphatic heterocycles. The number of nitrogens with zero attached hydrogens (tertiary/aromatic N) is 5. The van der Waals surface area contributed by atoms with Crippen LogP contribution >= 0.6 is 31.9 Å². The zero-order valence-electron chi connectivity index (χ0n) is 27.2. The number of amides is 4. The zero-order chi connectivity index (χ0) is 33.0. The van der Waals surface area contributed by atoms with Crippen LogP contribution in [0.4, 0.5) is 15.3 Å². The number of aromatic nitrogens is 2. The number of likely N-dealkylation sites (tertiary alicyclic amines) is 2. The standard InChI is InChI=1S/C37H43Br2N7O2/c38-29-13-12-26(24-30(29)39)25-33(35-40-32-10-3-4-11-34(32)46(35)20-7-19-43-17-5-6-18-43)42-36(47)44-21-15-28(16-22-44)45-23-14-27-8-1-2-9-31(27)41-37(45)48/h1-4,8-13,24,28,33H,5-7,14-23,25H2,(H,41,48)(H,42,47). The van der Waals surface area contributed by atoms with Gasteiger partial charge in [-0.3, -0.25) is 0 Å². The lowest BCUT2D eigenvalue weighted by molar-refractivity contribution is 0.133. The third-order valence-corrected chi connectivity index (χ3v) is 12.0. The van der Waals surface area contributed by atoms with Crippen molar-refractivity contribution >= 4 is 60.6 Å². The minimum Gasteiger partial charge on any atom is -0.328 e. The fraction of sp³-hybridized carbons (Fsp3) is 0.432. The number of halogens is 2. The maximum atomic E-state index is 14.0. The van der Waals surface area contributed by atoms with Gasteiger partial charge in [0.2, 0.25) is 0 Å². The van der Waals surface area contributed by atoms with E-state index in [1.54, 1.807) is 0 Å². The summed E-state index contributed by atoms with van der Waals surface area (Å²) in [4.78, 5) is 38.8. The average molecular weight is 778 g/mol. The first-order valence-corrected chi connectivity index (χ1v) is 18.8. The largest absolute Gasteiger partial charge is 0.328 e. The number of imidazole rings is 1. The number of carbonyl (C=O) groups is 2. The topological polar surface area (TPSA) is 85.7 Å². The lowest BCUT2D eigenvalue weighted by atomic mass is 10.0. The van der Waals surface area contributed by atoms with Crippen molar-refractivity contribution in [3.05, 3.63) is 92.6 Å². The number of rotatable bonds is 9. The van der Waals surface area contributed by atoms with Gasteiger partial charge in [-0.05, 0) is 138 Å². The molecule has 0 spiro atoms. The van der Waals surface area contributed by atoms with Crippen molar-refractivity contribution in [3.8, 4) is 0 Å². The molecule has 0 radical (unpaired) electrons.